The zero-order valence-corrected chi connectivity index (χ0v) is 10.0. The van der Waals surface area contributed by atoms with Gasteiger partial charge in [-0.15, -0.1) is 0 Å². The quantitative estimate of drug-likeness (QED) is 0.861. The van der Waals surface area contributed by atoms with Crippen molar-refractivity contribution in [2.45, 2.75) is 12.5 Å². The highest BCUT2D eigenvalue weighted by molar-refractivity contribution is 9.10. The van der Waals surface area contributed by atoms with Crippen LogP contribution in [0.5, 0.6) is 5.88 Å². The smallest absolute Gasteiger partial charge is 0.232 e. The number of nitrogens with zero attached hydrogens (tertiary/aromatic N) is 2. The molecule has 0 radical (unpaired) electrons. The van der Waals surface area contributed by atoms with Crippen LogP contribution >= 0.6 is 15.9 Å². The summed E-state index contributed by atoms with van der Waals surface area (Å²) in [5.41, 5.74) is 0. The molecule has 5 nitrogen and oxygen atoms in total. The predicted molar refractivity (Wildman–Crippen MR) is 61.2 cm³/mol. The van der Waals surface area contributed by atoms with E-state index in [1.54, 1.807) is 13.3 Å². The summed E-state index contributed by atoms with van der Waals surface area (Å²) in [6, 6.07) is 0.413. The SMILES string of the molecule is COc1nc(NC2CCNC2)ncc1Br. The molecule has 1 aromatic heterocycles. The maximum atomic E-state index is 5.10. The molecular weight excluding hydrogens is 260 g/mol. The lowest BCUT2D eigenvalue weighted by Crippen LogP contribution is -2.23. The van der Waals surface area contributed by atoms with Crippen LogP contribution in [-0.2, 0) is 0 Å². The average molecular weight is 273 g/mol. The number of halogens is 1. The van der Waals surface area contributed by atoms with Crippen LogP contribution in [0, 0.1) is 0 Å². The predicted octanol–water partition coefficient (Wildman–Crippen LogP) is 1.02. The number of hydrogen-bond donors (Lipinski definition) is 2. The second-order valence-electron chi connectivity index (χ2n) is 3.38. The van der Waals surface area contributed by atoms with Gasteiger partial charge in [-0.3, -0.25) is 0 Å². The molecule has 2 heterocycles. The number of anilines is 1. The molecule has 0 spiro atoms. The largest absolute Gasteiger partial charge is 0.480 e. The molecule has 1 atom stereocenters. The Labute approximate surface area is 96.8 Å². The monoisotopic (exact) mass is 272 g/mol. The number of hydrogen-bond acceptors (Lipinski definition) is 5. The fourth-order valence-corrected chi connectivity index (χ4v) is 1.88. The summed E-state index contributed by atoms with van der Waals surface area (Å²) in [5.74, 6) is 1.17. The Morgan fingerprint density at radius 3 is 3.20 bits per heavy atom. The Kier molecular flexibility index (Phi) is 3.37. The second kappa shape index (κ2) is 4.76. The van der Waals surface area contributed by atoms with Gasteiger partial charge in [0.2, 0.25) is 11.8 Å². The Balaban J connectivity index is 2.07. The van der Waals surface area contributed by atoms with Crippen molar-refractivity contribution in [1.29, 1.82) is 0 Å². The minimum atomic E-state index is 0.413. The van der Waals surface area contributed by atoms with Gasteiger partial charge in [-0.05, 0) is 28.9 Å². The number of aromatic nitrogens is 2. The third-order valence-corrected chi connectivity index (χ3v) is 2.84. The van der Waals surface area contributed by atoms with Crippen LogP contribution in [0.1, 0.15) is 6.42 Å². The molecule has 2 rings (SSSR count). The molecule has 6 heteroatoms. The Bertz CT molecular complexity index is 341. The zero-order valence-electron chi connectivity index (χ0n) is 8.46. The van der Waals surface area contributed by atoms with E-state index in [0.29, 0.717) is 17.9 Å². The van der Waals surface area contributed by atoms with Crippen LogP contribution in [0.25, 0.3) is 0 Å². The van der Waals surface area contributed by atoms with E-state index in [0.717, 1.165) is 24.0 Å². The van der Waals surface area contributed by atoms with E-state index in [-0.39, 0.29) is 0 Å². The van der Waals surface area contributed by atoms with Crippen LogP contribution in [0.3, 0.4) is 0 Å². The highest BCUT2D eigenvalue weighted by Gasteiger charge is 2.15. The first-order valence-corrected chi connectivity index (χ1v) is 5.62. The summed E-state index contributed by atoms with van der Waals surface area (Å²) in [5, 5.41) is 6.53. The molecule has 0 amide bonds. The average Bonchev–Trinajstić information content (AvgIpc) is 2.73. The van der Waals surface area contributed by atoms with E-state index in [9.17, 15) is 0 Å². The van der Waals surface area contributed by atoms with E-state index >= 15 is 0 Å². The standard InChI is InChI=1S/C9H13BrN4O/c1-15-8-7(10)5-12-9(14-8)13-6-2-3-11-4-6/h5-6,11H,2-4H2,1H3,(H,12,13,14). The van der Waals surface area contributed by atoms with Gasteiger partial charge in [-0.25, -0.2) is 4.98 Å². The van der Waals surface area contributed by atoms with E-state index < -0.39 is 0 Å². The fourth-order valence-electron chi connectivity index (χ4n) is 1.52. The Hall–Kier alpha value is -0.880. The summed E-state index contributed by atoms with van der Waals surface area (Å²) in [4.78, 5) is 8.41. The molecule has 2 N–H and O–H groups in total. The van der Waals surface area contributed by atoms with E-state index in [2.05, 4.69) is 36.5 Å². The van der Waals surface area contributed by atoms with Crippen molar-refractivity contribution in [3.05, 3.63) is 10.7 Å². The minimum Gasteiger partial charge on any atom is -0.480 e. The summed E-state index contributed by atoms with van der Waals surface area (Å²) in [6.45, 7) is 2.01. The molecule has 82 valence electrons. The Morgan fingerprint density at radius 2 is 2.53 bits per heavy atom. The van der Waals surface area contributed by atoms with Crippen molar-refractivity contribution in [3.63, 3.8) is 0 Å². The lowest BCUT2D eigenvalue weighted by atomic mass is 10.3. The lowest BCUT2D eigenvalue weighted by Gasteiger charge is -2.11. The first-order chi connectivity index (χ1) is 7.29. The molecule has 0 aliphatic carbocycles. The molecule has 0 saturated carbocycles. The second-order valence-corrected chi connectivity index (χ2v) is 4.24. The van der Waals surface area contributed by atoms with Crippen LogP contribution in [0.4, 0.5) is 5.95 Å². The highest BCUT2D eigenvalue weighted by atomic mass is 79.9. The Morgan fingerprint density at radius 1 is 1.67 bits per heavy atom. The van der Waals surface area contributed by atoms with Crippen molar-refractivity contribution in [1.82, 2.24) is 15.3 Å². The molecule has 1 aromatic rings. The van der Waals surface area contributed by atoms with Gasteiger partial charge in [-0.1, -0.05) is 0 Å². The minimum absolute atomic E-state index is 0.413. The molecule has 0 aromatic carbocycles. The zero-order chi connectivity index (χ0) is 10.7. The summed E-state index contributed by atoms with van der Waals surface area (Å²) in [6.07, 6.45) is 2.79. The van der Waals surface area contributed by atoms with Gasteiger partial charge in [0.05, 0.1) is 17.8 Å². The molecular formula is C9H13BrN4O. The van der Waals surface area contributed by atoms with Crippen molar-refractivity contribution in [2.75, 3.05) is 25.5 Å². The molecule has 1 fully saturated rings. The first kappa shape index (κ1) is 10.6. The summed E-state index contributed by atoms with van der Waals surface area (Å²) in [7, 11) is 1.59. The number of nitrogens with one attached hydrogen (secondary N) is 2. The molecule has 1 saturated heterocycles. The van der Waals surface area contributed by atoms with Gasteiger partial charge in [0.15, 0.2) is 0 Å². The normalized spacial score (nSPS) is 20.3. The van der Waals surface area contributed by atoms with Gasteiger partial charge in [0.1, 0.15) is 0 Å². The van der Waals surface area contributed by atoms with Crippen molar-refractivity contribution in [2.24, 2.45) is 0 Å². The summed E-state index contributed by atoms with van der Waals surface area (Å²) >= 11 is 3.31. The van der Waals surface area contributed by atoms with Crippen molar-refractivity contribution < 1.29 is 4.74 Å². The molecule has 15 heavy (non-hydrogen) atoms. The van der Waals surface area contributed by atoms with Crippen LogP contribution in [0.15, 0.2) is 10.7 Å². The maximum Gasteiger partial charge on any atom is 0.232 e. The topological polar surface area (TPSA) is 59.1 Å². The van der Waals surface area contributed by atoms with Crippen LogP contribution in [0.2, 0.25) is 0 Å². The van der Waals surface area contributed by atoms with E-state index in [1.807, 2.05) is 0 Å². The fraction of sp³-hybridized carbons (Fsp3) is 0.556. The molecule has 1 aliphatic heterocycles. The van der Waals surface area contributed by atoms with Gasteiger partial charge in [0, 0.05) is 12.6 Å². The van der Waals surface area contributed by atoms with E-state index in [1.165, 1.54) is 0 Å². The number of ether oxygens (including phenoxy) is 1. The van der Waals surface area contributed by atoms with Crippen LogP contribution in [-0.4, -0.2) is 36.2 Å². The van der Waals surface area contributed by atoms with E-state index in [4.69, 9.17) is 4.74 Å². The summed E-state index contributed by atoms with van der Waals surface area (Å²) < 4.78 is 5.86. The number of rotatable bonds is 3. The van der Waals surface area contributed by atoms with Gasteiger partial charge in [0.25, 0.3) is 0 Å². The van der Waals surface area contributed by atoms with Gasteiger partial charge in [-0.2, -0.15) is 4.98 Å². The third kappa shape index (κ3) is 2.57. The van der Waals surface area contributed by atoms with Gasteiger partial charge < -0.3 is 15.4 Å². The van der Waals surface area contributed by atoms with Gasteiger partial charge >= 0.3 is 0 Å². The lowest BCUT2D eigenvalue weighted by molar-refractivity contribution is 0.394. The van der Waals surface area contributed by atoms with Crippen molar-refractivity contribution >= 4 is 21.9 Å². The molecule has 0 bridgehead atoms. The third-order valence-electron chi connectivity index (χ3n) is 2.30. The number of methoxy groups -OCH3 is 1. The highest BCUT2D eigenvalue weighted by Crippen LogP contribution is 2.22. The molecule has 1 unspecified atom stereocenters. The van der Waals surface area contributed by atoms with Crippen LogP contribution < -0.4 is 15.4 Å². The van der Waals surface area contributed by atoms with Crippen molar-refractivity contribution in [3.8, 4) is 5.88 Å². The molecule has 1 aliphatic rings. The maximum absolute atomic E-state index is 5.10. The first-order valence-electron chi connectivity index (χ1n) is 4.83.